The number of rotatable bonds is 34. The fraction of sp³-hybridized carbons (Fsp3) is 0.778. The molecule has 302 valence electrons. The molecule has 1 aliphatic rings. The lowest BCUT2D eigenvalue weighted by Gasteiger charge is -2.04. The molecule has 0 saturated heterocycles. The average molecular weight is 733 g/mol. The molecule has 0 amide bonds. The van der Waals surface area contributed by atoms with E-state index in [2.05, 4.69) is 31.7 Å². The van der Waals surface area contributed by atoms with E-state index in [1.165, 1.54) is 186 Å². The van der Waals surface area contributed by atoms with Gasteiger partial charge in [0.2, 0.25) is 0 Å². The largest absolute Gasteiger partial charge is 0.463 e. The summed E-state index contributed by atoms with van der Waals surface area (Å²) in [7, 11) is 0. The zero-order valence-electron chi connectivity index (χ0n) is 34.1. The van der Waals surface area contributed by atoms with Crippen molar-refractivity contribution in [2.24, 2.45) is 0 Å². The van der Waals surface area contributed by atoms with Gasteiger partial charge in [0.25, 0.3) is 0 Å². The van der Waals surface area contributed by atoms with E-state index in [1.54, 1.807) is 6.92 Å². The second-order valence-electron chi connectivity index (χ2n) is 14.3. The molecule has 0 saturated carbocycles. The number of ether oxygens (including phenoxy) is 3. The highest BCUT2D eigenvalue weighted by atomic mass is 16.6. The average Bonchev–Trinajstić information content (AvgIpc) is 3.53. The Bertz CT molecular complexity index is 891. The monoisotopic (exact) mass is 733 g/mol. The van der Waals surface area contributed by atoms with Crippen molar-refractivity contribution in [1.29, 1.82) is 0 Å². The number of esters is 4. The first-order chi connectivity index (χ1) is 25.3. The second kappa shape index (κ2) is 42.7. The predicted molar refractivity (Wildman–Crippen MR) is 217 cm³/mol. The van der Waals surface area contributed by atoms with Gasteiger partial charge < -0.3 is 14.2 Å². The number of carbonyl (C=O) groups is 4. The first-order valence-electron chi connectivity index (χ1n) is 21.3. The molecule has 0 aromatic rings. The summed E-state index contributed by atoms with van der Waals surface area (Å²) in [4.78, 5) is 41.8. The van der Waals surface area contributed by atoms with Gasteiger partial charge in [-0.1, -0.05) is 207 Å². The second-order valence-corrected chi connectivity index (χ2v) is 14.3. The molecule has 1 aliphatic heterocycles. The van der Waals surface area contributed by atoms with Crippen molar-refractivity contribution < 1.29 is 33.4 Å². The smallest absolute Gasteiger partial charge is 0.338 e. The van der Waals surface area contributed by atoms with Gasteiger partial charge in [0.05, 0.1) is 13.2 Å². The molecule has 7 nitrogen and oxygen atoms in total. The SMILES string of the molecule is C=C(C)C(=O)OCCCCCCCCCCCC.C=CC(=O)OCCCCCCCCCCCCCCCCCCCCCC.O=C1C=CC(=O)O1. The zero-order valence-corrected chi connectivity index (χ0v) is 34.1. The maximum absolute atomic E-state index is 11.1. The Labute approximate surface area is 320 Å². The van der Waals surface area contributed by atoms with E-state index in [9.17, 15) is 19.2 Å². The van der Waals surface area contributed by atoms with Crippen molar-refractivity contribution in [3.05, 3.63) is 37.0 Å². The Morgan fingerprint density at radius 1 is 0.519 bits per heavy atom. The van der Waals surface area contributed by atoms with Gasteiger partial charge in [-0.3, -0.25) is 0 Å². The first-order valence-corrected chi connectivity index (χ1v) is 21.3. The van der Waals surface area contributed by atoms with Crippen LogP contribution in [-0.4, -0.2) is 37.1 Å². The van der Waals surface area contributed by atoms with Crippen molar-refractivity contribution >= 4 is 23.9 Å². The number of hydrogen-bond acceptors (Lipinski definition) is 7. The van der Waals surface area contributed by atoms with Crippen LogP contribution in [0.4, 0.5) is 0 Å². The van der Waals surface area contributed by atoms with E-state index in [1.807, 2.05) is 0 Å². The Morgan fingerprint density at radius 3 is 1.02 bits per heavy atom. The summed E-state index contributed by atoms with van der Waals surface area (Å²) in [6.07, 6.45) is 44.0. The van der Waals surface area contributed by atoms with Crippen LogP contribution in [-0.2, 0) is 33.4 Å². The van der Waals surface area contributed by atoms with Gasteiger partial charge in [0, 0.05) is 23.8 Å². The topological polar surface area (TPSA) is 96.0 Å². The van der Waals surface area contributed by atoms with E-state index in [4.69, 9.17) is 9.47 Å². The van der Waals surface area contributed by atoms with Crippen LogP contribution in [0.3, 0.4) is 0 Å². The lowest BCUT2D eigenvalue weighted by Crippen LogP contribution is -2.05. The summed E-state index contributed by atoms with van der Waals surface area (Å²) < 4.78 is 14.0. The minimum absolute atomic E-state index is 0.258. The number of cyclic esters (lactones) is 2. The fourth-order valence-electron chi connectivity index (χ4n) is 5.77. The molecule has 1 heterocycles. The highest BCUT2D eigenvalue weighted by Gasteiger charge is 2.10. The van der Waals surface area contributed by atoms with Crippen molar-refractivity contribution in [3.63, 3.8) is 0 Å². The molecule has 52 heavy (non-hydrogen) atoms. The third-order valence-electron chi connectivity index (χ3n) is 9.05. The van der Waals surface area contributed by atoms with Gasteiger partial charge in [-0.05, 0) is 19.8 Å². The van der Waals surface area contributed by atoms with Crippen LogP contribution < -0.4 is 0 Å². The molecular formula is C45H80O7. The summed E-state index contributed by atoms with van der Waals surface area (Å²) in [5, 5.41) is 0. The summed E-state index contributed by atoms with van der Waals surface area (Å²) >= 11 is 0. The van der Waals surface area contributed by atoms with Gasteiger partial charge in [-0.25, -0.2) is 19.2 Å². The fourth-order valence-corrected chi connectivity index (χ4v) is 5.77. The zero-order chi connectivity index (χ0) is 38.8. The third-order valence-corrected chi connectivity index (χ3v) is 9.05. The number of unbranched alkanes of at least 4 members (excludes halogenated alkanes) is 28. The molecule has 0 N–H and O–H groups in total. The van der Waals surface area contributed by atoms with Crippen LogP contribution >= 0.6 is 0 Å². The Balaban J connectivity index is 0. The highest BCUT2D eigenvalue weighted by Crippen LogP contribution is 2.15. The van der Waals surface area contributed by atoms with E-state index < -0.39 is 11.9 Å². The van der Waals surface area contributed by atoms with Crippen molar-refractivity contribution in [2.45, 2.75) is 213 Å². The molecule has 1 rings (SSSR count). The van der Waals surface area contributed by atoms with Gasteiger partial charge in [0.15, 0.2) is 0 Å². The molecule has 0 fully saturated rings. The summed E-state index contributed by atoms with van der Waals surface area (Å²) in [6.45, 7) is 14.3. The Hall–Kier alpha value is -2.70. The predicted octanol–water partition coefficient (Wildman–Crippen LogP) is 13.2. The molecule has 0 unspecified atom stereocenters. The molecule has 0 aliphatic carbocycles. The van der Waals surface area contributed by atoms with Crippen LogP contribution in [0.25, 0.3) is 0 Å². The normalized spacial score (nSPS) is 11.6. The van der Waals surface area contributed by atoms with Gasteiger partial charge in [-0.2, -0.15) is 0 Å². The lowest BCUT2D eigenvalue weighted by atomic mass is 10.0. The highest BCUT2D eigenvalue weighted by molar-refractivity contribution is 6.04. The molecule has 0 bridgehead atoms. The summed E-state index contributed by atoms with van der Waals surface area (Å²) in [5.74, 6) is -1.71. The lowest BCUT2D eigenvalue weighted by molar-refractivity contribution is -0.150. The van der Waals surface area contributed by atoms with Crippen molar-refractivity contribution in [3.8, 4) is 0 Å². The molecule has 0 spiro atoms. The molecule has 0 aromatic heterocycles. The first kappa shape index (κ1) is 51.4. The maximum Gasteiger partial charge on any atom is 0.338 e. The number of carbonyl (C=O) groups excluding carboxylic acids is 4. The van der Waals surface area contributed by atoms with E-state index >= 15 is 0 Å². The van der Waals surface area contributed by atoms with Crippen LogP contribution in [0.5, 0.6) is 0 Å². The molecular weight excluding hydrogens is 652 g/mol. The van der Waals surface area contributed by atoms with Crippen LogP contribution in [0.15, 0.2) is 37.0 Å². The molecule has 0 radical (unpaired) electrons. The van der Waals surface area contributed by atoms with Gasteiger partial charge >= 0.3 is 23.9 Å². The van der Waals surface area contributed by atoms with Crippen LogP contribution in [0, 0.1) is 0 Å². The van der Waals surface area contributed by atoms with E-state index in [0.29, 0.717) is 18.8 Å². The Morgan fingerprint density at radius 2 is 0.788 bits per heavy atom. The quantitative estimate of drug-likeness (QED) is 0.0214. The minimum atomic E-state index is -0.579. The molecule has 7 heteroatoms. The van der Waals surface area contributed by atoms with E-state index in [0.717, 1.165) is 25.0 Å². The van der Waals surface area contributed by atoms with Crippen molar-refractivity contribution in [2.75, 3.05) is 13.2 Å². The molecule has 0 atom stereocenters. The standard InChI is InChI=1S/C25H48O2.C16H30O2.C4H2O3/c1-3-5-6-7-8-9-10-11-12-13-14-15-16-17-18-19-20-21-22-23-24-27-25(26)4-2;1-4-5-6-7-8-9-10-11-12-13-14-18-16(17)15(2)3;5-3-1-2-4(6)7-3/h4H,2-3,5-24H2,1H3;2,4-14H2,1,3H3;1-2H. The Kier molecular flexibility index (Phi) is 42.2. The minimum Gasteiger partial charge on any atom is -0.463 e. The van der Waals surface area contributed by atoms with Gasteiger partial charge in [0.1, 0.15) is 0 Å². The van der Waals surface area contributed by atoms with Crippen LogP contribution in [0.1, 0.15) is 213 Å². The van der Waals surface area contributed by atoms with Crippen molar-refractivity contribution in [1.82, 2.24) is 0 Å². The molecule has 0 aromatic carbocycles. The maximum atomic E-state index is 11.1. The summed E-state index contributed by atoms with van der Waals surface area (Å²) in [5.41, 5.74) is 0.488. The van der Waals surface area contributed by atoms with E-state index in [-0.39, 0.29) is 11.9 Å². The van der Waals surface area contributed by atoms with Gasteiger partial charge in [-0.15, -0.1) is 0 Å². The van der Waals surface area contributed by atoms with Crippen LogP contribution in [0.2, 0.25) is 0 Å². The summed E-state index contributed by atoms with van der Waals surface area (Å²) in [6, 6.07) is 0. The third kappa shape index (κ3) is 43.5. The number of hydrogen-bond donors (Lipinski definition) is 0.